The summed E-state index contributed by atoms with van der Waals surface area (Å²) < 4.78 is 11.0. The van der Waals surface area contributed by atoms with Crippen LogP contribution in [0.25, 0.3) is 6.08 Å². The van der Waals surface area contributed by atoms with Gasteiger partial charge in [-0.1, -0.05) is 54.1 Å². The smallest absolute Gasteiger partial charge is 0.262 e. The fourth-order valence-electron chi connectivity index (χ4n) is 3.37. The zero-order valence-electron chi connectivity index (χ0n) is 19.9. The first-order valence-electron chi connectivity index (χ1n) is 11.0. The molecule has 0 saturated heterocycles. The Hall–Kier alpha value is -4.57. The van der Waals surface area contributed by atoms with Gasteiger partial charge in [0, 0.05) is 12.2 Å². The minimum Gasteiger partial charge on any atom is -0.493 e. The van der Waals surface area contributed by atoms with Gasteiger partial charge in [-0.25, -0.2) is 0 Å². The maximum absolute atomic E-state index is 12.4. The second-order valence-corrected chi connectivity index (χ2v) is 7.90. The van der Waals surface area contributed by atoms with Crippen molar-refractivity contribution in [1.29, 1.82) is 5.26 Å². The third-order valence-corrected chi connectivity index (χ3v) is 5.17. The first kappa shape index (κ1) is 25.1. The summed E-state index contributed by atoms with van der Waals surface area (Å²) in [5.74, 6) is -0.0314. The molecule has 0 bridgehead atoms. The molecule has 0 radical (unpaired) electrons. The number of hydrogen-bond donors (Lipinski definition) is 2. The van der Waals surface area contributed by atoms with Crippen LogP contribution in [0.5, 0.6) is 11.5 Å². The lowest BCUT2D eigenvalue weighted by molar-refractivity contribution is -0.118. The van der Waals surface area contributed by atoms with Crippen LogP contribution in [0.1, 0.15) is 22.3 Å². The molecule has 3 aromatic rings. The summed E-state index contributed by atoms with van der Waals surface area (Å²) in [6.45, 7) is 4.03. The average Bonchev–Trinajstić information content (AvgIpc) is 2.87. The van der Waals surface area contributed by atoms with E-state index in [9.17, 15) is 14.9 Å². The number of rotatable bonds is 9. The third-order valence-electron chi connectivity index (χ3n) is 5.17. The van der Waals surface area contributed by atoms with E-state index in [-0.39, 0.29) is 18.1 Å². The lowest BCUT2D eigenvalue weighted by Gasteiger charge is -2.13. The molecule has 7 nitrogen and oxygen atoms in total. The molecule has 0 saturated carbocycles. The SMILES string of the molecule is COc1cc(/C=C(\C#N)C(=O)NCc2ccccc2)ccc1OCC(=O)Nc1ccc(C)cc1C. The van der Waals surface area contributed by atoms with Gasteiger partial charge < -0.3 is 20.1 Å². The van der Waals surface area contributed by atoms with E-state index >= 15 is 0 Å². The summed E-state index contributed by atoms with van der Waals surface area (Å²) in [6, 6.07) is 22.1. The van der Waals surface area contributed by atoms with Gasteiger partial charge in [0.1, 0.15) is 11.6 Å². The van der Waals surface area contributed by atoms with Crippen molar-refractivity contribution in [2.75, 3.05) is 19.0 Å². The molecule has 178 valence electrons. The second kappa shape index (κ2) is 12.1. The van der Waals surface area contributed by atoms with E-state index in [0.717, 1.165) is 22.4 Å². The Morgan fingerprint density at radius 2 is 1.77 bits per heavy atom. The number of anilines is 1. The normalized spacial score (nSPS) is 10.7. The average molecular weight is 470 g/mol. The number of benzene rings is 3. The Kier molecular flexibility index (Phi) is 8.63. The lowest BCUT2D eigenvalue weighted by atomic mass is 10.1. The van der Waals surface area contributed by atoms with Crippen LogP contribution in [-0.4, -0.2) is 25.5 Å². The Morgan fingerprint density at radius 1 is 1.00 bits per heavy atom. The molecule has 0 fully saturated rings. The van der Waals surface area contributed by atoms with Crippen molar-refractivity contribution >= 4 is 23.6 Å². The van der Waals surface area contributed by atoms with Crippen molar-refractivity contribution in [2.24, 2.45) is 0 Å². The molecule has 2 N–H and O–H groups in total. The van der Waals surface area contributed by atoms with E-state index in [1.165, 1.54) is 13.2 Å². The predicted octanol–water partition coefficient (Wildman–Crippen LogP) is 4.55. The van der Waals surface area contributed by atoms with E-state index < -0.39 is 5.91 Å². The van der Waals surface area contributed by atoms with E-state index in [2.05, 4.69) is 10.6 Å². The van der Waals surface area contributed by atoms with E-state index in [1.807, 2.05) is 68.4 Å². The number of aryl methyl sites for hydroxylation is 2. The number of carbonyl (C=O) groups excluding carboxylic acids is 2. The van der Waals surface area contributed by atoms with Crippen molar-refractivity contribution in [1.82, 2.24) is 5.32 Å². The molecule has 7 heteroatoms. The van der Waals surface area contributed by atoms with Crippen molar-refractivity contribution in [3.63, 3.8) is 0 Å². The standard InChI is InChI=1S/C28H27N3O4/c1-19-9-11-24(20(2)13-19)31-27(32)18-35-25-12-10-22(15-26(25)34-3)14-23(16-29)28(33)30-17-21-7-5-4-6-8-21/h4-15H,17-18H2,1-3H3,(H,30,33)(H,31,32)/b23-14+. The zero-order chi connectivity index (χ0) is 25.2. The fourth-order valence-corrected chi connectivity index (χ4v) is 3.37. The Bertz CT molecular complexity index is 1280. The molecule has 0 spiro atoms. The molecule has 0 atom stereocenters. The molecule has 35 heavy (non-hydrogen) atoms. The highest BCUT2D eigenvalue weighted by molar-refractivity contribution is 6.01. The number of hydrogen-bond acceptors (Lipinski definition) is 5. The van der Waals surface area contributed by atoms with Crippen LogP contribution < -0.4 is 20.1 Å². The summed E-state index contributed by atoms with van der Waals surface area (Å²) in [4.78, 5) is 24.8. The zero-order valence-corrected chi connectivity index (χ0v) is 19.9. The van der Waals surface area contributed by atoms with E-state index in [0.29, 0.717) is 23.6 Å². The number of nitrogens with zero attached hydrogens (tertiary/aromatic N) is 1. The lowest BCUT2D eigenvalue weighted by Crippen LogP contribution is -2.23. The molecule has 3 aromatic carbocycles. The van der Waals surface area contributed by atoms with Gasteiger partial charge in [0.05, 0.1) is 7.11 Å². The van der Waals surface area contributed by atoms with Gasteiger partial charge in [-0.2, -0.15) is 5.26 Å². The van der Waals surface area contributed by atoms with Crippen LogP contribution in [0, 0.1) is 25.2 Å². The monoisotopic (exact) mass is 469 g/mol. The minimum absolute atomic E-state index is 0.0375. The highest BCUT2D eigenvalue weighted by atomic mass is 16.5. The van der Waals surface area contributed by atoms with Crippen molar-refractivity contribution in [2.45, 2.75) is 20.4 Å². The quantitative estimate of drug-likeness (QED) is 0.354. The number of ether oxygens (including phenoxy) is 2. The van der Waals surface area contributed by atoms with Crippen LogP contribution in [0.4, 0.5) is 5.69 Å². The van der Waals surface area contributed by atoms with Gasteiger partial charge in [-0.15, -0.1) is 0 Å². The maximum atomic E-state index is 12.4. The van der Waals surface area contributed by atoms with Crippen LogP contribution in [0.3, 0.4) is 0 Å². The Labute approximate surface area is 205 Å². The van der Waals surface area contributed by atoms with Gasteiger partial charge >= 0.3 is 0 Å². The minimum atomic E-state index is -0.473. The molecule has 0 aliphatic carbocycles. The van der Waals surface area contributed by atoms with Crippen molar-refractivity contribution in [3.05, 3.63) is 94.6 Å². The molecule has 0 aliphatic heterocycles. The van der Waals surface area contributed by atoms with Crippen molar-refractivity contribution in [3.8, 4) is 17.6 Å². The molecule has 0 aromatic heterocycles. The largest absolute Gasteiger partial charge is 0.493 e. The van der Waals surface area contributed by atoms with Gasteiger partial charge in [0.2, 0.25) is 0 Å². The van der Waals surface area contributed by atoms with Crippen LogP contribution in [-0.2, 0) is 16.1 Å². The Balaban J connectivity index is 1.64. The third kappa shape index (κ3) is 7.21. The molecule has 0 heterocycles. The van der Waals surface area contributed by atoms with Gasteiger partial charge in [0.25, 0.3) is 11.8 Å². The number of nitriles is 1. The van der Waals surface area contributed by atoms with Crippen LogP contribution >= 0.6 is 0 Å². The molecule has 0 aliphatic rings. The van der Waals surface area contributed by atoms with Gasteiger partial charge in [-0.3, -0.25) is 9.59 Å². The molecule has 0 unspecified atom stereocenters. The first-order chi connectivity index (χ1) is 16.9. The molecule has 3 rings (SSSR count). The first-order valence-corrected chi connectivity index (χ1v) is 11.0. The summed E-state index contributed by atoms with van der Waals surface area (Å²) in [5, 5.41) is 15.0. The highest BCUT2D eigenvalue weighted by Crippen LogP contribution is 2.29. The van der Waals surface area contributed by atoms with Crippen molar-refractivity contribution < 1.29 is 19.1 Å². The number of methoxy groups -OCH3 is 1. The summed E-state index contributed by atoms with van der Waals surface area (Å²) >= 11 is 0. The van der Waals surface area contributed by atoms with Gasteiger partial charge in [-0.05, 0) is 54.8 Å². The van der Waals surface area contributed by atoms with Crippen LogP contribution in [0.15, 0.2) is 72.3 Å². The number of nitrogens with one attached hydrogen (secondary N) is 2. The predicted molar refractivity (Wildman–Crippen MR) is 135 cm³/mol. The molecular weight excluding hydrogens is 442 g/mol. The number of carbonyl (C=O) groups is 2. The Morgan fingerprint density at radius 3 is 2.46 bits per heavy atom. The number of amides is 2. The fraction of sp³-hybridized carbons (Fsp3) is 0.179. The highest BCUT2D eigenvalue weighted by Gasteiger charge is 2.12. The molecular formula is C28H27N3O4. The molecule has 2 amide bonds. The summed E-state index contributed by atoms with van der Waals surface area (Å²) in [5.41, 5.74) is 4.29. The van der Waals surface area contributed by atoms with E-state index in [1.54, 1.807) is 18.2 Å². The van der Waals surface area contributed by atoms with E-state index in [4.69, 9.17) is 9.47 Å². The topological polar surface area (TPSA) is 100 Å². The van der Waals surface area contributed by atoms with Gasteiger partial charge in [0.15, 0.2) is 18.1 Å². The summed E-state index contributed by atoms with van der Waals surface area (Å²) in [7, 11) is 1.48. The summed E-state index contributed by atoms with van der Waals surface area (Å²) in [6.07, 6.45) is 1.47. The maximum Gasteiger partial charge on any atom is 0.262 e. The van der Waals surface area contributed by atoms with Crippen LogP contribution in [0.2, 0.25) is 0 Å². The second-order valence-electron chi connectivity index (χ2n) is 7.90.